The van der Waals surface area contributed by atoms with Gasteiger partial charge in [0.1, 0.15) is 0 Å². The van der Waals surface area contributed by atoms with E-state index in [0.717, 1.165) is 26.2 Å². The average molecular weight is 413 g/mol. The molecule has 0 amide bonds. The summed E-state index contributed by atoms with van der Waals surface area (Å²) in [6.45, 7) is 9.66. The van der Waals surface area contributed by atoms with Crippen molar-refractivity contribution in [2.75, 3.05) is 19.8 Å². The molecule has 0 aromatic carbocycles. The minimum Gasteiger partial charge on any atom is -0.381 e. The Morgan fingerprint density at radius 2 is 0.862 bits per heavy atom. The van der Waals surface area contributed by atoms with Gasteiger partial charge in [-0.1, -0.05) is 117 Å². The van der Waals surface area contributed by atoms with Crippen molar-refractivity contribution in [2.45, 2.75) is 155 Å². The zero-order valence-corrected chi connectivity index (χ0v) is 20.7. The van der Waals surface area contributed by atoms with Gasteiger partial charge < -0.3 is 9.47 Å². The topological polar surface area (TPSA) is 18.5 Å². The van der Waals surface area contributed by atoms with E-state index in [9.17, 15) is 0 Å². The Balaban J connectivity index is 3.39. The smallest absolute Gasteiger partial charge is 0.0575 e. The molecule has 0 fully saturated rings. The van der Waals surface area contributed by atoms with Gasteiger partial charge in [0.15, 0.2) is 0 Å². The van der Waals surface area contributed by atoms with E-state index < -0.39 is 0 Å². The average Bonchev–Trinajstić information content (AvgIpc) is 2.73. The molecule has 29 heavy (non-hydrogen) atoms. The van der Waals surface area contributed by atoms with Gasteiger partial charge in [-0.15, -0.1) is 0 Å². The summed E-state index contributed by atoms with van der Waals surface area (Å²) in [6.07, 6.45) is 27.2. The number of rotatable bonds is 25. The summed E-state index contributed by atoms with van der Waals surface area (Å²) in [7, 11) is 0. The second-order valence-corrected chi connectivity index (χ2v) is 8.99. The lowest BCUT2D eigenvalue weighted by Gasteiger charge is -2.17. The summed E-state index contributed by atoms with van der Waals surface area (Å²) in [6, 6.07) is 0. The molecule has 2 heteroatoms. The van der Waals surface area contributed by atoms with Gasteiger partial charge in [0.05, 0.1) is 6.10 Å². The van der Waals surface area contributed by atoms with E-state index in [1.165, 1.54) is 122 Å². The molecule has 0 rings (SSSR count). The van der Waals surface area contributed by atoms with Crippen LogP contribution in [-0.4, -0.2) is 25.9 Å². The van der Waals surface area contributed by atoms with Crippen LogP contribution in [0.2, 0.25) is 0 Å². The Hall–Kier alpha value is -0.0800. The van der Waals surface area contributed by atoms with Gasteiger partial charge in [0, 0.05) is 19.8 Å². The molecule has 0 bridgehead atoms. The molecule has 0 aliphatic heterocycles. The van der Waals surface area contributed by atoms with Crippen LogP contribution in [0.3, 0.4) is 0 Å². The van der Waals surface area contributed by atoms with Gasteiger partial charge in [-0.25, -0.2) is 0 Å². The van der Waals surface area contributed by atoms with E-state index in [1.807, 2.05) is 0 Å². The fourth-order valence-corrected chi connectivity index (χ4v) is 3.97. The first kappa shape index (κ1) is 28.9. The highest BCUT2D eigenvalue weighted by Gasteiger charge is 2.07. The first-order valence-corrected chi connectivity index (χ1v) is 13.5. The molecule has 0 aliphatic rings. The highest BCUT2D eigenvalue weighted by Crippen LogP contribution is 2.13. The predicted octanol–water partition coefficient (Wildman–Crippen LogP) is 9.25. The molecule has 176 valence electrons. The van der Waals surface area contributed by atoms with Crippen LogP contribution in [0.25, 0.3) is 0 Å². The maximum Gasteiger partial charge on any atom is 0.0575 e. The van der Waals surface area contributed by atoms with E-state index >= 15 is 0 Å². The molecule has 0 aromatic rings. The normalized spacial score (nSPS) is 12.5. The van der Waals surface area contributed by atoms with Gasteiger partial charge in [0.2, 0.25) is 0 Å². The standard InChI is InChI=1S/C27H56O2/c1-4-7-9-11-13-15-17-19-24-28-25-21-23-27(22-6-3)29-26-20-18-16-14-12-10-8-5-2/h27H,4-26H2,1-3H3. The zero-order valence-electron chi connectivity index (χ0n) is 20.7. The van der Waals surface area contributed by atoms with Crippen molar-refractivity contribution in [2.24, 2.45) is 0 Å². The molecule has 1 unspecified atom stereocenters. The first-order valence-electron chi connectivity index (χ1n) is 13.5. The molecule has 0 heterocycles. The zero-order chi connectivity index (χ0) is 21.3. The van der Waals surface area contributed by atoms with Crippen molar-refractivity contribution in [3.8, 4) is 0 Å². The van der Waals surface area contributed by atoms with Crippen LogP contribution < -0.4 is 0 Å². The van der Waals surface area contributed by atoms with Crippen LogP contribution in [0.1, 0.15) is 149 Å². The third kappa shape index (κ3) is 24.1. The largest absolute Gasteiger partial charge is 0.381 e. The highest BCUT2D eigenvalue weighted by atomic mass is 16.5. The number of ether oxygens (including phenoxy) is 2. The molecular formula is C27H56O2. The summed E-state index contributed by atoms with van der Waals surface area (Å²) in [5, 5.41) is 0. The lowest BCUT2D eigenvalue weighted by molar-refractivity contribution is 0.0294. The van der Waals surface area contributed by atoms with Crippen molar-refractivity contribution in [1.82, 2.24) is 0 Å². The fraction of sp³-hybridized carbons (Fsp3) is 1.00. The van der Waals surface area contributed by atoms with Crippen molar-refractivity contribution >= 4 is 0 Å². The quantitative estimate of drug-likeness (QED) is 0.139. The Morgan fingerprint density at radius 1 is 0.414 bits per heavy atom. The van der Waals surface area contributed by atoms with Crippen LogP contribution in [0.4, 0.5) is 0 Å². The summed E-state index contributed by atoms with van der Waals surface area (Å²) < 4.78 is 12.0. The number of unbranched alkanes of at least 4 members (excludes halogenated alkanes) is 14. The summed E-state index contributed by atoms with van der Waals surface area (Å²) in [4.78, 5) is 0. The molecule has 0 aliphatic carbocycles. The van der Waals surface area contributed by atoms with Crippen molar-refractivity contribution in [3.05, 3.63) is 0 Å². The molecule has 0 N–H and O–H groups in total. The Kier molecular flexibility index (Phi) is 25.9. The van der Waals surface area contributed by atoms with Crippen LogP contribution in [-0.2, 0) is 9.47 Å². The fourth-order valence-electron chi connectivity index (χ4n) is 3.97. The first-order chi connectivity index (χ1) is 14.3. The van der Waals surface area contributed by atoms with Gasteiger partial charge in [-0.2, -0.15) is 0 Å². The summed E-state index contributed by atoms with van der Waals surface area (Å²) in [5.74, 6) is 0. The van der Waals surface area contributed by atoms with Gasteiger partial charge in [-0.3, -0.25) is 0 Å². The van der Waals surface area contributed by atoms with Crippen molar-refractivity contribution < 1.29 is 9.47 Å². The summed E-state index contributed by atoms with van der Waals surface area (Å²) in [5.41, 5.74) is 0. The van der Waals surface area contributed by atoms with Crippen LogP contribution in [0.15, 0.2) is 0 Å². The molecule has 0 aromatic heterocycles. The van der Waals surface area contributed by atoms with E-state index in [2.05, 4.69) is 20.8 Å². The molecule has 0 spiro atoms. The van der Waals surface area contributed by atoms with E-state index in [0.29, 0.717) is 6.10 Å². The number of hydrogen-bond donors (Lipinski definition) is 0. The molecular weight excluding hydrogens is 356 g/mol. The second kappa shape index (κ2) is 26.0. The van der Waals surface area contributed by atoms with E-state index in [1.54, 1.807) is 0 Å². The molecule has 1 atom stereocenters. The van der Waals surface area contributed by atoms with Gasteiger partial charge in [-0.05, 0) is 32.1 Å². The Bertz CT molecular complexity index is 280. The van der Waals surface area contributed by atoms with E-state index in [-0.39, 0.29) is 0 Å². The monoisotopic (exact) mass is 412 g/mol. The Labute approximate surface area is 184 Å². The van der Waals surface area contributed by atoms with Gasteiger partial charge >= 0.3 is 0 Å². The van der Waals surface area contributed by atoms with E-state index in [4.69, 9.17) is 9.47 Å². The summed E-state index contributed by atoms with van der Waals surface area (Å²) >= 11 is 0. The van der Waals surface area contributed by atoms with Crippen molar-refractivity contribution in [3.63, 3.8) is 0 Å². The van der Waals surface area contributed by atoms with Crippen LogP contribution in [0.5, 0.6) is 0 Å². The molecule has 0 saturated carbocycles. The maximum absolute atomic E-state index is 6.17. The molecule has 0 saturated heterocycles. The maximum atomic E-state index is 6.17. The van der Waals surface area contributed by atoms with Gasteiger partial charge in [0.25, 0.3) is 0 Å². The lowest BCUT2D eigenvalue weighted by atomic mass is 10.1. The minimum absolute atomic E-state index is 0.455. The second-order valence-electron chi connectivity index (χ2n) is 8.99. The van der Waals surface area contributed by atoms with Crippen molar-refractivity contribution in [1.29, 1.82) is 0 Å². The SMILES string of the molecule is CCCCCCCCCCOCCCC(CCC)OCCCCCCCCCC. The predicted molar refractivity (Wildman–Crippen MR) is 130 cm³/mol. The molecule has 0 radical (unpaired) electrons. The third-order valence-corrected chi connectivity index (χ3v) is 5.92. The lowest BCUT2D eigenvalue weighted by Crippen LogP contribution is -2.15. The molecule has 2 nitrogen and oxygen atoms in total. The highest BCUT2D eigenvalue weighted by molar-refractivity contribution is 4.58. The Morgan fingerprint density at radius 3 is 1.38 bits per heavy atom. The number of hydrogen-bond acceptors (Lipinski definition) is 2. The third-order valence-electron chi connectivity index (χ3n) is 5.92. The minimum atomic E-state index is 0.455. The van der Waals surface area contributed by atoms with Crippen LogP contribution >= 0.6 is 0 Å². The van der Waals surface area contributed by atoms with Crippen LogP contribution in [0, 0.1) is 0 Å².